The first-order valence-corrected chi connectivity index (χ1v) is 11.5. The Hall–Kier alpha value is -3.46. The van der Waals surface area contributed by atoms with Crippen LogP contribution in [0.15, 0.2) is 60.7 Å². The second kappa shape index (κ2) is 8.39. The zero-order valence-electron chi connectivity index (χ0n) is 18.1. The van der Waals surface area contributed by atoms with Crippen molar-refractivity contribution in [3.63, 3.8) is 0 Å². The van der Waals surface area contributed by atoms with Gasteiger partial charge >= 0.3 is 0 Å². The third kappa shape index (κ3) is 3.34. The maximum atomic E-state index is 14.5. The summed E-state index contributed by atoms with van der Waals surface area (Å²) >= 11 is 1.26. The fourth-order valence-electron chi connectivity index (χ4n) is 4.50. The zero-order valence-corrected chi connectivity index (χ0v) is 18.9. The van der Waals surface area contributed by atoms with Crippen LogP contribution in [-0.4, -0.2) is 36.1 Å². The Kier molecular flexibility index (Phi) is 5.51. The van der Waals surface area contributed by atoms with Gasteiger partial charge < -0.3 is 14.5 Å². The van der Waals surface area contributed by atoms with E-state index in [2.05, 4.69) is 0 Å². The number of ether oxygens (including phenoxy) is 1. The van der Waals surface area contributed by atoms with Gasteiger partial charge in [0, 0.05) is 29.0 Å². The monoisotopic (exact) mass is 484 g/mol. The van der Waals surface area contributed by atoms with Crippen molar-refractivity contribution in [1.29, 1.82) is 0 Å². The summed E-state index contributed by atoms with van der Waals surface area (Å²) in [5, 5.41) is 0. The van der Waals surface area contributed by atoms with Gasteiger partial charge in [-0.3, -0.25) is 9.59 Å². The molecule has 2 aliphatic rings. The molecule has 3 aromatic rings. The van der Waals surface area contributed by atoms with E-state index in [9.17, 15) is 22.8 Å². The maximum Gasteiger partial charge on any atom is 0.268 e. The van der Waals surface area contributed by atoms with Crippen LogP contribution in [0.2, 0.25) is 0 Å². The van der Waals surface area contributed by atoms with Crippen LogP contribution in [-0.2, 0) is 16.2 Å². The molecule has 1 unspecified atom stereocenters. The normalized spacial score (nSPS) is 19.1. The lowest BCUT2D eigenvalue weighted by Crippen LogP contribution is -2.50. The van der Waals surface area contributed by atoms with Gasteiger partial charge in [0.15, 0.2) is 4.87 Å². The van der Waals surface area contributed by atoms with E-state index in [-0.39, 0.29) is 24.2 Å². The van der Waals surface area contributed by atoms with E-state index in [1.807, 2.05) is 0 Å². The molecule has 3 aromatic carbocycles. The summed E-state index contributed by atoms with van der Waals surface area (Å²) in [6, 6.07) is 13.7. The highest BCUT2D eigenvalue weighted by molar-refractivity contribution is 8.01. The van der Waals surface area contributed by atoms with Gasteiger partial charge in [-0.25, -0.2) is 13.2 Å². The van der Waals surface area contributed by atoms with Crippen LogP contribution < -0.4 is 9.64 Å². The van der Waals surface area contributed by atoms with Crippen LogP contribution in [0, 0.1) is 17.5 Å². The van der Waals surface area contributed by atoms with E-state index in [1.54, 1.807) is 18.2 Å². The number of amides is 2. The van der Waals surface area contributed by atoms with Crippen molar-refractivity contribution >= 4 is 29.3 Å². The van der Waals surface area contributed by atoms with E-state index >= 15 is 0 Å². The molecule has 0 saturated carbocycles. The smallest absolute Gasteiger partial charge is 0.268 e. The predicted molar refractivity (Wildman–Crippen MR) is 122 cm³/mol. The van der Waals surface area contributed by atoms with E-state index in [4.69, 9.17) is 4.74 Å². The van der Waals surface area contributed by atoms with Crippen molar-refractivity contribution in [3.8, 4) is 5.75 Å². The number of anilines is 1. The average molecular weight is 484 g/mol. The van der Waals surface area contributed by atoms with Gasteiger partial charge in [-0.15, -0.1) is 11.8 Å². The SMILES string of the molecule is COc1ccc2c(c1)C1(SCCN1C(=O)c1cccc(F)c1)C(=O)N2Cc1c(F)cccc1F. The second-order valence-electron chi connectivity index (χ2n) is 7.93. The van der Waals surface area contributed by atoms with Crippen LogP contribution in [0.4, 0.5) is 18.9 Å². The molecule has 0 aliphatic carbocycles. The number of carbonyl (C=O) groups excluding carboxylic acids is 2. The summed E-state index contributed by atoms with van der Waals surface area (Å²) in [4.78, 5) is 28.7. The molecule has 5 rings (SSSR count). The van der Waals surface area contributed by atoms with Crippen LogP contribution in [0.25, 0.3) is 0 Å². The minimum absolute atomic E-state index is 0.109. The molecular formula is C25H19F3N2O3S. The van der Waals surface area contributed by atoms with E-state index in [1.165, 1.54) is 52.9 Å². The number of nitrogens with zero attached hydrogens (tertiary/aromatic N) is 2. The molecule has 174 valence electrons. The largest absolute Gasteiger partial charge is 0.497 e. The quantitative estimate of drug-likeness (QED) is 0.539. The minimum atomic E-state index is -1.46. The molecule has 1 saturated heterocycles. The molecule has 1 atom stereocenters. The highest BCUT2D eigenvalue weighted by Crippen LogP contribution is 2.55. The molecule has 2 aliphatic heterocycles. The third-order valence-electron chi connectivity index (χ3n) is 6.10. The molecule has 5 nitrogen and oxygen atoms in total. The summed E-state index contributed by atoms with van der Waals surface area (Å²) in [6.45, 7) is -0.106. The summed E-state index contributed by atoms with van der Waals surface area (Å²) in [5.74, 6) is -2.19. The Morgan fingerprint density at radius 1 is 1.06 bits per heavy atom. The summed E-state index contributed by atoms with van der Waals surface area (Å²) in [5.41, 5.74) is 0.777. The lowest BCUT2D eigenvalue weighted by Gasteiger charge is -2.33. The lowest BCUT2D eigenvalue weighted by molar-refractivity contribution is -0.123. The summed E-state index contributed by atoms with van der Waals surface area (Å²) in [7, 11) is 1.48. The minimum Gasteiger partial charge on any atom is -0.497 e. The molecule has 0 aromatic heterocycles. The fourth-order valence-corrected chi connectivity index (χ4v) is 5.95. The van der Waals surface area contributed by atoms with Gasteiger partial charge in [0.1, 0.15) is 23.2 Å². The molecule has 0 N–H and O–H groups in total. The molecule has 2 amide bonds. The van der Waals surface area contributed by atoms with Gasteiger partial charge in [0.25, 0.3) is 11.8 Å². The van der Waals surface area contributed by atoms with Gasteiger partial charge in [-0.2, -0.15) is 0 Å². The molecule has 9 heteroatoms. The molecule has 0 bridgehead atoms. The Balaban J connectivity index is 1.64. The van der Waals surface area contributed by atoms with Crippen LogP contribution in [0.1, 0.15) is 21.5 Å². The number of thioether (sulfide) groups is 1. The van der Waals surface area contributed by atoms with Gasteiger partial charge in [-0.1, -0.05) is 12.1 Å². The number of benzene rings is 3. The molecule has 1 fully saturated rings. The highest BCUT2D eigenvalue weighted by Gasteiger charge is 2.59. The van der Waals surface area contributed by atoms with Crippen molar-refractivity contribution in [2.24, 2.45) is 0 Å². The first-order chi connectivity index (χ1) is 16.4. The number of halogens is 3. The second-order valence-corrected chi connectivity index (χ2v) is 9.22. The third-order valence-corrected chi connectivity index (χ3v) is 7.51. The Morgan fingerprint density at radius 3 is 2.50 bits per heavy atom. The van der Waals surface area contributed by atoms with Crippen molar-refractivity contribution < 1.29 is 27.5 Å². The molecule has 2 heterocycles. The molecular weight excluding hydrogens is 465 g/mol. The predicted octanol–water partition coefficient (Wildman–Crippen LogP) is 4.70. The van der Waals surface area contributed by atoms with E-state index < -0.39 is 34.1 Å². The van der Waals surface area contributed by atoms with Crippen LogP contribution in [0.3, 0.4) is 0 Å². The van der Waals surface area contributed by atoms with Crippen molar-refractivity contribution in [2.45, 2.75) is 11.4 Å². The Morgan fingerprint density at radius 2 is 1.79 bits per heavy atom. The van der Waals surface area contributed by atoms with Gasteiger partial charge in [0.2, 0.25) is 0 Å². The summed E-state index contributed by atoms with van der Waals surface area (Å²) < 4.78 is 48.1. The van der Waals surface area contributed by atoms with Crippen LogP contribution >= 0.6 is 11.8 Å². The maximum absolute atomic E-state index is 14.5. The number of carbonyl (C=O) groups is 2. The van der Waals surface area contributed by atoms with Gasteiger partial charge in [-0.05, 0) is 48.5 Å². The zero-order chi connectivity index (χ0) is 24.0. The fraction of sp³-hybridized carbons (Fsp3) is 0.200. The van der Waals surface area contributed by atoms with Crippen molar-refractivity contribution in [3.05, 3.63) is 94.8 Å². The number of fused-ring (bicyclic) bond motifs is 2. The topological polar surface area (TPSA) is 49.9 Å². The van der Waals surface area contributed by atoms with E-state index in [0.717, 1.165) is 18.2 Å². The molecule has 0 radical (unpaired) electrons. The van der Waals surface area contributed by atoms with Crippen molar-refractivity contribution in [1.82, 2.24) is 4.90 Å². The number of hydrogen-bond donors (Lipinski definition) is 0. The first kappa shape index (κ1) is 22.3. The Labute approximate surface area is 198 Å². The molecule has 1 spiro atoms. The van der Waals surface area contributed by atoms with Crippen LogP contribution in [0.5, 0.6) is 5.75 Å². The highest BCUT2D eigenvalue weighted by atomic mass is 32.2. The number of hydrogen-bond acceptors (Lipinski definition) is 4. The number of methoxy groups -OCH3 is 1. The van der Waals surface area contributed by atoms with Crippen molar-refractivity contribution in [2.75, 3.05) is 24.3 Å². The first-order valence-electron chi connectivity index (χ1n) is 10.5. The number of rotatable bonds is 4. The van der Waals surface area contributed by atoms with Gasteiger partial charge in [0.05, 0.1) is 19.3 Å². The molecule has 34 heavy (non-hydrogen) atoms. The Bertz CT molecular complexity index is 1300. The summed E-state index contributed by atoms with van der Waals surface area (Å²) in [6.07, 6.45) is 0. The standard InChI is InChI=1S/C25H19F3N2O3S/c1-33-17-8-9-22-19(13-17)25(24(32)29(22)14-18-20(27)6-3-7-21(18)28)30(10-11-34-25)23(31)15-4-2-5-16(26)12-15/h2-9,12-13H,10-11,14H2,1H3. The lowest BCUT2D eigenvalue weighted by atomic mass is 10.0. The average Bonchev–Trinajstić information content (AvgIpc) is 3.37. The van der Waals surface area contributed by atoms with E-state index in [0.29, 0.717) is 22.8 Å².